The van der Waals surface area contributed by atoms with Gasteiger partial charge in [0, 0.05) is 19.0 Å². The van der Waals surface area contributed by atoms with E-state index in [0.717, 1.165) is 37.8 Å². The van der Waals surface area contributed by atoms with Crippen LogP contribution in [0.5, 0.6) is 0 Å². The number of thiazole rings is 1. The van der Waals surface area contributed by atoms with Crippen LogP contribution in [0.3, 0.4) is 0 Å². The molecule has 2 aromatic heterocycles. The lowest BCUT2D eigenvalue weighted by atomic mass is 10.0. The average Bonchev–Trinajstić information content (AvgIpc) is 3.39. The standard InChI is InChI=1S/C23H18N4OS/c1-27(13-15-5-3-2-4-6-15)23(28)22-18-11-16(7-9-19(18)25-26-22)17-8-10-21-20(12-17)24-14-29-21/h2-12,14H,13H2,1H3,(H,25,26). The number of carbonyl (C=O) groups excluding carboxylic acids is 1. The normalized spacial score (nSPS) is 11.2. The van der Waals surface area contributed by atoms with Crippen molar-refractivity contribution < 1.29 is 4.79 Å². The average molecular weight is 398 g/mol. The van der Waals surface area contributed by atoms with Crippen LogP contribution in [0.4, 0.5) is 0 Å². The summed E-state index contributed by atoms with van der Waals surface area (Å²) in [7, 11) is 1.80. The predicted octanol–water partition coefficient (Wildman–Crippen LogP) is 5.11. The number of benzene rings is 3. The fourth-order valence-electron chi connectivity index (χ4n) is 3.50. The van der Waals surface area contributed by atoms with Crippen LogP contribution in [0, 0.1) is 0 Å². The van der Waals surface area contributed by atoms with Crippen LogP contribution >= 0.6 is 11.3 Å². The SMILES string of the molecule is CN(Cc1ccccc1)C(=O)c1n[nH]c2ccc(-c3ccc4scnc4c3)cc12. The van der Waals surface area contributed by atoms with Crippen molar-refractivity contribution in [3.63, 3.8) is 0 Å². The van der Waals surface area contributed by atoms with Crippen molar-refractivity contribution >= 4 is 38.4 Å². The Hall–Kier alpha value is -3.51. The van der Waals surface area contributed by atoms with Crippen molar-refractivity contribution in [3.05, 3.63) is 83.5 Å². The quantitative estimate of drug-likeness (QED) is 0.457. The summed E-state index contributed by atoms with van der Waals surface area (Å²) in [6, 6.07) is 22.2. The van der Waals surface area contributed by atoms with Crippen LogP contribution in [-0.2, 0) is 6.54 Å². The number of H-pyrrole nitrogens is 1. The Balaban J connectivity index is 1.49. The second-order valence-corrected chi connectivity index (χ2v) is 7.90. The van der Waals surface area contributed by atoms with Gasteiger partial charge in [-0.05, 0) is 41.0 Å². The molecule has 3 aromatic carbocycles. The summed E-state index contributed by atoms with van der Waals surface area (Å²) in [4.78, 5) is 19.1. The number of aromatic amines is 1. The van der Waals surface area contributed by atoms with Gasteiger partial charge >= 0.3 is 0 Å². The second-order valence-electron chi connectivity index (χ2n) is 7.01. The molecule has 142 valence electrons. The maximum atomic E-state index is 13.0. The highest BCUT2D eigenvalue weighted by atomic mass is 32.1. The first-order valence-electron chi connectivity index (χ1n) is 9.30. The zero-order valence-corrected chi connectivity index (χ0v) is 16.6. The van der Waals surface area contributed by atoms with Crippen molar-refractivity contribution in [1.29, 1.82) is 0 Å². The van der Waals surface area contributed by atoms with E-state index in [1.807, 2.05) is 54.0 Å². The molecule has 0 saturated carbocycles. The molecular weight excluding hydrogens is 380 g/mol. The van der Waals surface area contributed by atoms with E-state index >= 15 is 0 Å². The van der Waals surface area contributed by atoms with Gasteiger partial charge in [0.05, 0.1) is 21.2 Å². The summed E-state index contributed by atoms with van der Waals surface area (Å²) in [6.45, 7) is 0.536. The van der Waals surface area contributed by atoms with Gasteiger partial charge in [-0.3, -0.25) is 9.89 Å². The minimum Gasteiger partial charge on any atom is -0.336 e. The van der Waals surface area contributed by atoms with E-state index in [1.54, 1.807) is 23.3 Å². The fourth-order valence-corrected chi connectivity index (χ4v) is 4.16. The zero-order valence-electron chi connectivity index (χ0n) is 15.8. The van der Waals surface area contributed by atoms with E-state index in [9.17, 15) is 4.79 Å². The van der Waals surface area contributed by atoms with Gasteiger partial charge in [0.1, 0.15) is 0 Å². The molecule has 1 N–H and O–H groups in total. The Bertz CT molecular complexity index is 1320. The Kier molecular flexibility index (Phi) is 4.33. The summed E-state index contributed by atoms with van der Waals surface area (Å²) in [6.07, 6.45) is 0. The minimum absolute atomic E-state index is 0.104. The van der Waals surface area contributed by atoms with Crippen LogP contribution in [-0.4, -0.2) is 33.0 Å². The van der Waals surface area contributed by atoms with Gasteiger partial charge in [-0.2, -0.15) is 5.10 Å². The van der Waals surface area contributed by atoms with E-state index in [1.165, 1.54) is 0 Å². The van der Waals surface area contributed by atoms with Crippen molar-refractivity contribution in [1.82, 2.24) is 20.1 Å². The molecule has 29 heavy (non-hydrogen) atoms. The van der Waals surface area contributed by atoms with Crippen molar-refractivity contribution in [3.8, 4) is 11.1 Å². The molecule has 0 aliphatic rings. The number of rotatable bonds is 4. The number of carbonyl (C=O) groups is 1. The molecule has 0 atom stereocenters. The lowest BCUT2D eigenvalue weighted by Crippen LogP contribution is -2.26. The molecule has 1 amide bonds. The largest absolute Gasteiger partial charge is 0.336 e. The molecular formula is C23H18N4OS. The monoisotopic (exact) mass is 398 g/mol. The van der Waals surface area contributed by atoms with Crippen LogP contribution < -0.4 is 0 Å². The van der Waals surface area contributed by atoms with E-state index in [-0.39, 0.29) is 5.91 Å². The van der Waals surface area contributed by atoms with Crippen LogP contribution in [0.25, 0.3) is 32.2 Å². The van der Waals surface area contributed by atoms with E-state index < -0.39 is 0 Å². The molecule has 5 rings (SSSR count). The molecule has 0 saturated heterocycles. The highest BCUT2D eigenvalue weighted by Crippen LogP contribution is 2.29. The molecule has 0 bridgehead atoms. The van der Waals surface area contributed by atoms with Gasteiger partial charge in [-0.1, -0.05) is 42.5 Å². The number of hydrogen-bond acceptors (Lipinski definition) is 4. The Labute approximate surface area is 171 Å². The molecule has 2 heterocycles. The number of aromatic nitrogens is 3. The summed E-state index contributed by atoms with van der Waals surface area (Å²) < 4.78 is 1.16. The van der Waals surface area contributed by atoms with Gasteiger partial charge in [0.25, 0.3) is 5.91 Å². The number of hydrogen-bond donors (Lipinski definition) is 1. The second kappa shape index (κ2) is 7.14. The summed E-state index contributed by atoms with van der Waals surface area (Å²) in [5.41, 5.74) is 7.32. The highest BCUT2D eigenvalue weighted by molar-refractivity contribution is 7.16. The molecule has 0 aliphatic carbocycles. The Morgan fingerprint density at radius 2 is 1.83 bits per heavy atom. The van der Waals surface area contributed by atoms with Crippen molar-refractivity contribution in [2.24, 2.45) is 0 Å². The lowest BCUT2D eigenvalue weighted by Gasteiger charge is -2.16. The van der Waals surface area contributed by atoms with Gasteiger partial charge in [-0.25, -0.2) is 4.98 Å². The molecule has 0 aliphatic heterocycles. The van der Waals surface area contributed by atoms with Gasteiger partial charge in [0.15, 0.2) is 5.69 Å². The maximum Gasteiger partial charge on any atom is 0.275 e. The van der Waals surface area contributed by atoms with Crippen LogP contribution in [0.15, 0.2) is 72.2 Å². The molecule has 0 spiro atoms. The van der Waals surface area contributed by atoms with E-state index in [0.29, 0.717) is 12.2 Å². The molecule has 0 radical (unpaired) electrons. The molecule has 5 nitrogen and oxygen atoms in total. The van der Waals surface area contributed by atoms with Gasteiger partial charge < -0.3 is 4.90 Å². The number of nitrogens with one attached hydrogen (secondary N) is 1. The summed E-state index contributed by atoms with van der Waals surface area (Å²) >= 11 is 1.63. The third-order valence-electron chi connectivity index (χ3n) is 5.04. The Morgan fingerprint density at radius 1 is 1.03 bits per heavy atom. The molecule has 5 aromatic rings. The highest BCUT2D eigenvalue weighted by Gasteiger charge is 2.19. The smallest absolute Gasteiger partial charge is 0.275 e. The van der Waals surface area contributed by atoms with Gasteiger partial charge in [0.2, 0.25) is 0 Å². The van der Waals surface area contributed by atoms with Crippen molar-refractivity contribution in [2.75, 3.05) is 7.05 Å². The van der Waals surface area contributed by atoms with E-state index in [2.05, 4.69) is 33.4 Å². The third kappa shape index (κ3) is 3.28. The van der Waals surface area contributed by atoms with Crippen LogP contribution in [0.2, 0.25) is 0 Å². The third-order valence-corrected chi connectivity index (χ3v) is 5.85. The first-order valence-corrected chi connectivity index (χ1v) is 10.2. The predicted molar refractivity (Wildman–Crippen MR) is 117 cm³/mol. The molecule has 0 unspecified atom stereocenters. The maximum absolute atomic E-state index is 13.0. The van der Waals surface area contributed by atoms with Crippen molar-refractivity contribution in [2.45, 2.75) is 6.54 Å². The van der Waals surface area contributed by atoms with Crippen LogP contribution in [0.1, 0.15) is 16.1 Å². The number of amides is 1. The topological polar surface area (TPSA) is 61.9 Å². The first kappa shape index (κ1) is 17.6. The van der Waals surface area contributed by atoms with E-state index in [4.69, 9.17) is 0 Å². The summed E-state index contributed by atoms with van der Waals surface area (Å²) in [5.74, 6) is -0.104. The summed E-state index contributed by atoms with van der Waals surface area (Å²) in [5, 5.41) is 8.12. The molecule has 6 heteroatoms. The number of nitrogens with zero attached hydrogens (tertiary/aromatic N) is 3. The lowest BCUT2D eigenvalue weighted by molar-refractivity contribution is 0.0781. The molecule has 0 fully saturated rings. The van der Waals surface area contributed by atoms with Gasteiger partial charge in [-0.15, -0.1) is 11.3 Å². The first-order chi connectivity index (χ1) is 14.2. The Morgan fingerprint density at radius 3 is 2.69 bits per heavy atom. The minimum atomic E-state index is -0.104. The number of fused-ring (bicyclic) bond motifs is 2. The fraction of sp³-hybridized carbons (Fsp3) is 0.0870. The zero-order chi connectivity index (χ0) is 19.8.